The maximum atomic E-state index is 14.4. The van der Waals surface area contributed by atoms with E-state index in [1.807, 2.05) is 0 Å². The fourth-order valence-corrected chi connectivity index (χ4v) is 3.43. The summed E-state index contributed by atoms with van der Waals surface area (Å²) < 4.78 is 34.7. The molecule has 6 heteroatoms. The number of pyridine rings is 1. The minimum Gasteiger partial charge on any atom is -0.359 e. The zero-order valence-corrected chi connectivity index (χ0v) is 13.7. The van der Waals surface area contributed by atoms with Crippen LogP contribution in [0.15, 0.2) is 36.5 Å². The van der Waals surface area contributed by atoms with Gasteiger partial charge in [0.15, 0.2) is 5.60 Å². The number of aromatic nitrogens is 1. The van der Waals surface area contributed by atoms with Crippen LogP contribution in [-0.4, -0.2) is 18.0 Å². The summed E-state index contributed by atoms with van der Waals surface area (Å²) in [4.78, 5) is 4.22. The third-order valence-corrected chi connectivity index (χ3v) is 4.94. The molecule has 1 aliphatic carbocycles. The summed E-state index contributed by atoms with van der Waals surface area (Å²) >= 11 is 6.09. The minimum atomic E-state index is -2.74. The van der Waals surface area contributed by atoms with E-state index >= 15 is 0 Å². The van der Waals surface area contributed by atoms with Gasteiger partial charge in [0.2, 0.25) is 0 Å². The quantitative estimate of drug-likeness (QED) is 0.812. The summed E-state index contributed by atoms with van der Waals surface area (Å²) in [7, 11) is 0. The van der Waals surface area contributed by atoms with Crippen LogP contribution in [0.5, 0.6) is 0 Å². The Balaban J connectivity index is 1.83. The van der Waals surface area contributed by atoms with Crippen molar-refractivity contribution in [2.75, 3.05) is 11.9 Å². The number of benzene rings is 1. The van der Waals surface area contributed by atoms with Gasteiger partial charge >= 0.3 is 0 Å². The molecule has 1 aliphatic heterocycles. The molecule has 2 aromatic rings. The third-order valence-electron chi connectivity index (χ3n) is 4.70. The summed E-state index contributed by atoms with van der Waals surface area (Å²) in [5.41, 5.74) is -0.576. The maximum Gasteiger partial charge on any atom is 0.275 e. The van der Waals surface area contributed by atoms with E-state index in [4.69, 9.17) is 16.3 Å². The lowest BCUT2D eigenvalue weighted by Crippen LogP contribution is -2.42. The van der Waals surface area contributed by atoms with Crippen LogP contribution in [0.4, 0.5) is 20.3 Å². The van der Waals surface area contributed by atoms with Crippen molar-refractivity contribution >= 4 is 23.1 Å². The molecule has 1 N–H and O–H groups in total. The van der Waals surface area contributed by atoms with Crippen LogP contribution in [0.25, 0.3) is 0 Å². The highest BCUT2D eigenvalue weighted by molar-refractivity contribution is 6.30. The summed E-state index contributed by atoms with van der Waals surface area (Å²) in [6.07, 6.45) is 1.96. The Morgan fingerprint density at radius 2 is 2.12 bits per heavy atom. The number of hydrogen-bond donors (Lipinski definition) is 1. The number of fused-ring (bicyclic) bond motifs is 2. The van der Waals surface area contributed by atoms with Crippen molar-refractivity contribution in [3.8, 4) is 0 Å². The van der Waals surface area contributed by atoms with Gasteiger partial charge < -0.3 is 10.1 Å². The topological polar surface area (TPSA) is 34.1 Å². The fourth-order valence-electron chi connectivity index (χ4n) is 3.26. The molecule has 2 heterocycles. The predicted octanol–water partition coefficient (Wildman–Crippen LogP) is 5.12. The molecular formula is C18H17ClF2N2O. The van der Waals surface area contributed by atoms with Gasteiger partial charge in [-0.25, -0.2) is 13.8 Å². The van der Waals surface area contributed by atoms with Crippen LogP contribution < -0.4 is 5.32 Å². The van der Waals surface area contributed by atoms with Crippen molar-refractivity contribution in [1.29, 1.82) is 0 Å². The van der Waals surface area contributed by atoms with Gasteiger partial charge in [0.25, 0.3) is 6.43 Å². The lowest BCUT2D eigenvalue weighted by atomic mass is 9.82. The number of hydrogen-bond acceptors (Lipinski definition) is 3. The first-order valence-electron chi connectivity index (χ1n) is 8.06. The van der Waals surface area contributed by atoms with Gasteiger partial charge in [0, 0.05) is 34.6 Å². The monoisotopic (exact) mass is 350 g/mol. The molecule has 126 valence electrons. The Kier molecular flexibility index (Phi) is 3.93. The molecule has 1 fully saturated rings. The van der Waals surface area contributed by atoms with Gasteiger partial charge in [-0.3, -0.25) is 0 Å². The van der Waals surface area contributed by atoms with Crippen LogP contribution >= 0.6 is 11.6 Å². The molecular weight excluding hydrogens is 334 g/mol. The van der Waals surface area contributed by atoms with Crippen molar-refractivity contribution in [3.05, 3.63) is 52.7 Å². The number of anilines is 2. The molecule has 4 rings (SSSR count). The molecule has 1 unspecified atom stereocenters. The lowest BCUT2D eigenvalue weighted by molar-refractivity contribution is -0.121. The Labute approximate surface area is 144 Å². The molecule has 3 nitrogen and oxygen atoms in total. The largest absolute Gasteiger partial charge is 0.359 e. The second-order valence-electron chi connectivity index (χ2n) is 6.33. The standard InChI is InChI=1S/C18H17ClF2N2O/c19-12-5-6-15-14(10-12)18(17(20)21,24-9-7-11-3-4-11)13-2-1-8-22-16(13)23-15/h1-2,5-6,8,10-11,17H,3-4,7,9H2,(H,22,23). The normalized spacial score (nSPS) is 22.0. The van der Waals surface area contributed by atoms with Crippen LogP contribution in [0, 0.1) is 5.92 Å². The van der Waals surface area contributed by atoms with E-state index in [1.165, 1.54) is 0 Å². The number of nitrogens with zero attached hydrogens (tertiary/aromatic N) is 1. The molecule has 0 radical (unpaired) electrons. The minimum absolute atomic E-state index is 0.287. The predicted molar refractivity (Wildman–Crippen MR) is 89.0 cm³/mol. The van der Waals surface area contributed by atoms with E-state index < -0.39 is 12.0 Å². The van der Waals surface area contributed by atoms with Crippen molar-refractivity contribution in [3.63, 3.8) is 0 Å². The van der Waals surface area contributed by atoms with Gasteiger partial charge in [-0.05, 0) is 36.6 Å². The average molecular weight is 351 g/mol. The highest BCUT2D eigenvalue weighted by Gasteiger charge is 2.50. The average Bonchev–Trinajstić information content (AvgIpc) is 3.38. The highest BCUT2D eigenvalue weighted by atomic mass is 35.5. The molecule has 0 spiro atoms. The Morgan fingerprint density at radius 3 is 2.88 bits per heavy atom. The molecule has 24 heavy (non-hydrogen) atoms. The molecule has 0 amide bonds. The van der Waals surface area contributed by atoms with Crippen LogP contribution in [0.1, 0.15) is 30.4 Å². The van der Waals surface area contributed by atoms with E-state index in [0.29, 0.717) is 33.6 Å². The zero-order chi connectivity index (χ0) is 16.7. The number of alkyl halides is 2. The summed E-state index contributed by atoms with van der Waals surface area (Å²) in [6, 6.07) is 8.21. The van der Waals surface area contributed by atoms with Crippen molar-refractivity contribution < 1.29 is 13.5 Å². The Hall–Kier alpha value is -1.72. The van der Waals surface area contributed by atoms with Crippen molar-refractivity contribution in [1.82, 2.24) is 4.98 Å². The van der Waals surface area contributed by atoms with Crippen molar-refractivity contribution in [2.24, 2.45) is 5.92 Å². The van der Waals surface area contributed by atoms with Crippen LogP contribution in [-0.2, 0) is 10.3 Å². The van der Waals surface area contributed by atoms with Gasteiger partial charge in [-0.15, -0.1) is 0 Å². The first-order chi connectivity index (χ1) is 11.6. The van der Waals surface area contributed by atoms with E-state index in [0.717, 1.165) is 19.3 Å². The molecule has 0 bridgehead atoms. The van der Waals surface area contributed by atoms with E-state index in [2.05, 4.69) is 10.3 Å². The second kappa shape index (κ2) is 5.97. The fraction of sp³-hybridized carbons (Fsp3) is 0.389. The third kappa shape index (κ3) is 2.56. The number of rotatable bonds is 5. The molecule has 1 atom stereocenters. The van der Waals surface area contributed by atoms with E-state index in [-0.39, 0.29) is 6.61 Å². The maximum absolute atomic E-state index is 14.4. The lowest BCUT2D eigenvalue weighted by Gasteiger charge is -2.39. The molecule has 1 aromatic heterocycles. The molecule has 1 saturated carbocycles. The number of halogens is 3. The van der Waals surface area contributed by atoms with E-state index in [9.17, 15) is 8.78 Å². The van der Waals surface area contributed by atoms with Gasteiger partial charge in [0.05, 0.1) is 0 Å². The van der Waals surface area contributed by atoms with Gasteiger partial charge in [-0.1, -0.05) is 30.5 Å². The van der Waals surface area contributed by atoms with Gasteiger partial charge in [0.1, 0.15) is 5.82 Å². The zero-order valence-electron chi connectivity index (χ0n) is 12.9. The Bertz CT molecular complexity index is 766. The molecule has 1 aromatic carbocycles. The first-order valence-corrected chi connectivity index (χ1v) is 8.43. The number of nitrogens with one attached hydrogen (secondary N) is 1. The Morgan fingerprint density at radius 1 is 1.29 bits per heavy atom. The molecule has 2 aliphatic rings. The van der Waals surface area contributed by atoms with Crippen LogP contribution in [0.3, 0.4) is 0 Å². The smallest absolute Gasteiger partial charge is 0.275 e. The SMILES string of the molecule is FC(F)C1(OCCC2CC2)c2cc(Cl)ccc2Nc2ncccc21. The first kappa shape index (κ1) is 15.8. The molecule has 0 saturated heterocycles. The van der Waals surface area contributed by atoms with E-state index in [1.54, 1.807) is 36.5 Å². The summed E-state index contributed by atoms with van der Waals surface area (Å²) in [5, 5.41) is 3.51. The van der Waals surface area contributed by atoms with Gasteiger partial charge in [-0.2, -0.15) is 0 Å². The summed E-state index contributed by atoms with van der Waals surface area (Å²) in [6.45, 7) is 0.287. The highest BCUT2D eigenvalue weighted by Crippen LogP contribution is 2.50. The van der Waals surface area contributed by atoms with Crippen LogP contribution in [0.2, 0.25) is 5.02 Å². The summed E-state index contributed by atoms with van der Waals surface area (Å²) in [5.74, 6) is 1.01. The van der Waals surface area contributed by atoms with Crippen molar-refractivity contribution in [2.45, 2.75) is 31.3 Å². The second-order valence-corrected chi connectivity index (χ2v) is 6.77. The number of ether oxygens (including phenoxy) is 1.